The van der Waals surface area contributed by atoms with E-state index in [1.165, 1.54) is 25.0 Å². The molecule has 1 aliphatic carbocycles. The van der Waals surface area contributed by atoms with Gasteiger partial charge in [0.25, 0.3) is 0 Å². The van der Waals surface area contributed by atoms with Gasteiger partial charge in [-0.15, -0.1) is 0 Å². The molecule has 4 rings (SSSR count). The van der Waals surface area contributed by atoms with Crippen LogP contribution in [0.15, 0.2) is 54.4 Å². The van der Waals surface area contributed by atoms with E-state index in [1.807, 2.05) is 17.9 Å². The maximum atomic E-state index is 13.1. The van der Waals surface area contributed by atoms with Crippen molar-refractivity contribution in [1.29, 1.82) is 0 Å². The lowest BCUT2D eigenvalue weighted by molar-refractivity contribution is 0.107. The lowest BCUT2D eigenvalue weighted by atomic mass is 10.0. The van der Waals surface area contributed by atoms with Crippen molar-refractivity contribution < 1.29 is 9.18 Å². The van der Waals surface area contributed by atoms with Gasteiger partial charge in [0.05, 0.1) is 11.4 Å². The van der Waals surface area contributed by atoms with Crippen LogP contribution in [0.2, 0.25) is 0 Å². The summed E-state index contributed by atoms with van der Waals surface area (Å²) >= 11 is 0. The maximum Gasteiger partial charge on any atom is 0.321 e. The van der Waals surface area contributed by atoms with Crippen LogP contribution in [0.3, 0.4) is 0 Å². The highest BCUT2D eigenvalue weighted by atomic mass is 19.1. The van der Waals surface area contributed by atoms with Crippen LogP contribution in [-0.2, 0) is 0 Å². The smallest absolute Gasteiger partial charge is 0.321 e. The molecule has 3 fully saturated rings. The van der Waals surface area contributed by atoms with E-state index < -0.39 is 0 Å². The van der Waals surface area contributed by atoms with E-state index in [4.69, 9.17) is 5.73 Å². The van der Waals surface area contributed by atoms with Crippen LogP contribution < -0.4 is 11.1 Å². The third kappa shape index (κ3) is 5.65. The summed E-state index contributed by atoms with van der Waals surface area (Å²) in [5.74, 6) is 0.907. The van der Waals surface area contributed by atoms with Gasteiger partial charge in [-0.3, -0.25) is 4.90 Å². The summed E-state index contributed by atoms with van der Waals surface area (Å²) in [5, 5.41) is 2.87. The van der Waals surface area contributed by atoms with E-state index in [1.54, 1.807) is 18.2 Å². The highest BCUT2D eigenvalue weighted by molar-refractivity contribution is 5.77. The van der Waals surface area contributed by atoms with E-state index in [-0.39, 0.29) is 11.8 Å². The minimum Gasteiger partial charge on any atom is -0.397 e. The zero-order valence-electron chi connectivity index (χ0n) is 19.8. The summed E-state index contributed by atoms with van der Waals surface area (Å²) < 4.78 is 13.1. The number of amides is 2. The molecule has 7 heteroatoms. The number of likely N-dealkylation sites (tertiary alicyclic amines) is 1. The average Bonchev–Trinajstić information content (AvgIpc) is 3.38. The molecule has 33 heavy (non-hydrogen) atoms. The molecule has 0 bridgehead atoms. The standard InChI is InChI=1S/C26H36FN5O/c1-18(20-5-7-23(27)8-6-20)4-9-25(28)19(2)29-26(33)32-16-21-14-24(15-22(21)17-32)31-12-10-30(3)11-13-31/h4-9,21-22,24H,2,10-17,28H2,1,3H3,(H,29,33)/b18-4+,25-9+. The normalized spacial score (nSPS) is 27.0. The van der Waals surface area contributed by atoms with Gasteiger partial charge < -0.3 is 20.9 Å². The van der Waals surface area contributed by atoms with Crippen molar-refractivity contribution in [2.24, 2.45) is 17.6 Å². The van der Waals surface area contributed by atoms with Gasteiger partial charge in [-0.1, -0.05) is 24.8 Å². The van der Waals surface area contributed by atoms with Crippen LogP contribution >= 0.6 is 0 Å². The van der Waals surface area contributed by atoms with Gasteiger partial charge >= 0.3 is 6.03 Å². The Kier molecular flexibility index (Phi) is 7.20. The number of hydrogen-bond donors (Lipinski definition) is 2. The van der Waals surface area contributed by atoms with E-state index in [2.05, 4.69) is 28.7 Å². The van der Waals surface area contributed by atoms with Gasteiger partial charge in [0.1, 0.15) is 5.82 Å². The van der Waals surface area contributed by atoms with Crippen LogP contribution in [0.4, 0.5) is 9.18 Å². The molecular weight excluding hydrogens is 417 g/mol. The number of fused-ring (bicyclic) bond motifs is 1. The van der Waals surface area contributed by atoms with E-state index in [9.17, 15) is 9.18 Å². The van der Waals surface area contributed by atoms with Gasteiger partial charge in [-0.2, -0.15) is 0 Å². The zero-order chi connectivity index (χ0) is 23.5. The largest absolute Gasteiger partial charge is 0.397 e. The quantitative estimate of drug-likeness (QED) is 0.672. The number of likely N-dealkylation sites (N-methyl/N-ethyl adjacent to an activating group) is 1. The SMILES string of the molecule is C=C(NC(=O)N1CC2CC(N3CCN(C)CC3)CC2C1)/C(N)=C\C=C(/C)c1ccc(F)cc1. The number of rotatable bonds is 5. The molecule has 2 atom stereocenters. The summed E-state index contributed by atoms with van der Waals surface area (Å²) in [6.07, 6.45) is 5.95. The van der Waals surface area contributed by atoms with Gasteiger partial charge in [0, 0.05) is 45.3 Å². The minimum absolute atomic E-state index is 0.124. The summed E-state index contributed by atoms with van der Waals surface area (Å²) in [7, 11) is 2.19. The van der Waals surface area contributed by atoms with Crippen molar-refractivity contribution in [3.05, 3.63) is 65.8 Å². The van der Waals surface area contributed by atoms with E-state index in [0.717, 1.165) is 50.4 Å². The number of carbonyl (C=O) groups excluding carboxylic acids is 1. The molecule has 6 nitrogen and oxygen atoms in total. The van der Waals surface area contributed by atoms with Crippen molar-refractivity contribution >= 4 is 11.6 Å². The molecule has 2 heterocycles. The van der Waals surface area contributed by atoms with Crippen molar-refractivity contribution in [3.63, 3.8) is 0 Å². The zero-order valence-corrected chi connectivity index (χ0v) is 19.8. The predicted molar refractivity (Wildman–Crippen MR) is 131 cm³/mol. The molecule has 0 aromatic heterocycles. The first kappa shape index (κ1) is 23.5. The van der Waals surface area contributed by atoms with Crippen molar-refractivity contribution in [2.75, 3.05) is 46.3 Å². The monoisotopic (exact) mass is 453 g/mol. The van der Waals surface area contributed by atoms with Crippen LogP contribution in [0, 0.1) is 17.7 Å². The first-order valence-corrected chi connectivity index (χ1v) is 11.9. The Morgan fingerprint density at radius 2 is 1.70 bits per heavy atom. The summed E-state index contributed by atoms with van der Waals surface area (Å²) in [4.78, 5) is 19.8. The predicted octanol–water partition coefficient (Wildman–Crippen LogP) is 3.25. The molecule has 2 aliphatic heterocycles. The van der Waals surface area contributed by atoms with Crippen LogP contribution in [0.25, 0.3) is 5.57 Å². The molecule has 3 N–H and O–H groups in total. The number of halogens is 1. The number of piperazine rings is 1. The number of benzene rings is 1. The van der Waals surface area contributed by atoms with Gasteiger partial charge in [-0.25, -0.2) is 9.18 Å². The Morgan fingerprint density at radius 3 is 2.30 bits per heavy atom. The Morgan fingerprint density at radius 1 is 1.09 bits per heavy atom. The number of nitrogens with one attached hydrogen (secondary N) is 1. The maximum absolute atomic E-state index is 13.1. The van der Waals surface area contributed by atoms with Crippen LogP contribution in [-0.4, -0.2) is 73.1 Å². The Bertz CT molecular complexity index is 919. The topological polar surface area (TPSA) is 64.8 Å². The van der Waals surface area contributed by atoms with E-state index in [0.29, 0.717) is 29.3 Å². The summed E-state index contributed by atoms with van der Waals surface area (Å²) in [6.45, 7) is 12.1. The molecule has 1 aromatic carbocycles. The number of nitrogens with zero attached hydrogens (tertiary/aromatic N) is 3. The first-order chi connectivity index (χ1) is 15.8. The molecule has 1 saturated carbocycles. The number of urea groups is 1. The fraction of sp³-hybridized carbons (Fsp3) is 0.500. The van der Waals surface area contributed by atoms with Crippen LogP contribution in [0.1, 0.15) is 25.3 Å². The van der Waals surface area contributed by atoms with Crippen molar-refractivity contribution in [1.82, 2.24) is 20.0 Å². The van der Waals surface area contributed by atoms with Gasteiger partial charge in [0.15, 0.2) is 0 Å². The Balaban J connectivity index is 1.26. The highest BCUT2D eigenvalue weighted by Crippen LogP contribution is 2.40. The first-order valence-electron chi connectivity index (χ1n) is 11.9. The molecule has 178 valence electrons. The fourth-order valence-electron chi connectivity index (χ4n) is 5.32. The van der Waals surface area contributed by atoms with Gasteiger partial charge in [0.2, 0.25) is 0 Å². The average molecular weight is 454 g/mol. The van der Waals surface area contributed by atoms with Crippen molar-refractivity contribution in [3.8, 4) is 0 Å². The highest BCUT2D eigenvalue weighted by Gasteiger charge is 2.44. The molecule has 3 aliphatic rings. The molecule has 2 amide bonds. The molecule has 0 spiro atoms. The Hall–Kier alpha value is -2.64. The lowest BCUT2D eigenvalue weighted by Crippen LogP contribution is -2.48. The lowest BCUT2D eigenvalue weighted by Gasteiger charge is -2.37. The third-order valence-corrected chi connectivity index (χ3v) is 7.49. The summed E-state index contributed by atoms with van der Waals surface area (Å²) in [6, 6.07) is 6.85. The molecule has 2 saturated heterocycles. The molecular formula is C26H36FN5O. The second-order valence-electron chi connectivity index (χ2n) is 9.78. The number of hydrogen-bond acceptors (Lipinski definition) is 4. The summed E-state index contributed by atoms with van der Waals surface area (Å²) in [5.41, 5.74) is 8.79. The Labute approximate surface area is 196 Å². The van der Waals surface area contributed by atoms with Crippen LogP contribution in [0.5, 0.6) is 0 Å². The molecule has 1 aromatic rings. The third-order valence-electron chi connectivity index (χ3n) is 7.49. The van der Waals surface area contributed by atoms with Gasteiger partial charge in [-0.05, 0) is 68.0 Å². The number of nitrogens with two attached hydrogens (primary N) is 1. The molecule has 2 unspecified atom stereocenters. The number of allylic oxidation sites excluding steroid dienone is 3. The fourth-order valence-corrected chi connectivity index (χ4v) is 5.32. The number of carbonyl (C=O) groups is 1. The van der Waals surface area contributed by atoms with E-state index >= 15 is 0 Å². The molecule has 0 radical (unpaired) electrons. The van der Waals surface area contributed by atoms with Crippen molar-refractivity contribution in [2.45, 2.75) is 25.8 Å². The second-order valence-corrected chi connectivity index (χ2v) is 9.78. The second kappa shape index (κ2) is 10.1. The minimum atomic E-state index is -0.265.